The average molecular weight is 782 g/mol. The zero-order valence-corrected chi connectivity index (χ0v) is 30.2. The van der Waals surface area contributed by atoms with Crippen LogP contribution >= 0.6 is 0 Å². The Bertz CT molecular complexity index is 3760. The van der Waals surface area contributed by atoms with Crippen molar-refractivity contribution < 1.29 is 30.8 Å². The summed E-state index contributed by atoms with van der Waals surface area (Å²) in [5.74, 6) is 0. The quantitative estimate of drug-likeness (QED) is 0.244. The van der Waals surface area contributed by atoms with E-state index in [0.29, 0.717) is 0 Å². The molecule has 1 nitrogen and oxygen atoms in total. The molecule has 0 aromatic carbocycles. The van der Waals surface area contributed by atoms with Gasteiger partial charge in [-0.2, -0.15) is 0 Å². The first-order valence-electron chi connectivity index (χ1n) is 22.7. The molecule has 40 saturated heterocycles. The van der Waals surface area contributed by atoms with Crippen LogP contribution in [0.2, 0.25) is 191 Å². The maximum absolute atomic E-state index is 9.89. The third-order valence-corrected chi connectivity index (χ3v) is 231. The van der Waals surface area contributed by atoms with Crippen molar-refractivity contribution >= 4 is 0 Å². The molecule has 5 heteroatoms. The fraction of sp³-hybridized carbons (Fsp3) is 1.00. The first-order valence-corrected chi connectivity index (χ1v) is 47.8. The van der Waals surface area contributed by atoms with Gasteiger partial charge in [-0.3, -0.25) is 0 Å². The minimum atomic E-state index is -3.32. The Hall–Kier alpha value is 2.04. The molecule has 40 aliphatic rings. The van der Waals surface area contributed by atoms with Crippen LogP contribution < -0.4 is 0 Å². The predicted molar refractivity (Wildman–Crippen MR) is 154 cm³/mol. The van der Waals surface area contributed by atoms with Crippen molar-refractivity contribution in [2.45, 2.75) is 203 Å². The molecule has 0 aromatic heterocycles. The third-order valence-electron chi connectivity index (χ3n) is 61.0. The predicted octanol–water partition coefficient (Wildman–Crippen LogP) is 12.8. The summed E-state index contributed by atoms with van der Waals surface area (Å²) in [6.07, 6.45) is 2.31. The van der Waals surface area contributed by atoms with Gasteiger partial charge >= 0.3 is 234 Å². The van der Waals surface area contributed by atoms with E-state index in [2.05, 4.69) is 0 Å². The molecule has 0 N–H and O–H groups in total. The van der Waals surface area contributed by atoms with Gasteiger partial charge in [-0.15, -0.1) is 0 Å². The summed E-state index contributed by atoms with van der Waals surface area (Å²) in [5, 5.41) is 0. The zero-order valence-electron chi connectivity index (χ0n) is 25.8. The van der Waals surface area contributed by atoms with Gasteiger partial charge in [0, 0.05) is 0 Å². The Balaban J connectivity index is 0.798. The second-order valence-electron chi connectivity index (χ2n) is 39.8. The number of ether oxygens (including phenoxy) is 1. The monoisotopic (exact) mass is 782 g/mol. The first-order chi connectivity index (χ1) is 22.2. The van der Waals surface area contributed by atoms with Crippen molar-refractivity contribution in [3.63, 3.8) is 0 Å². The van der Waals surface area contributed by atoms with Gasteiger partial charge in [0.25, 0.3) is 0 Å². The SMILES string of the molecule is O(C([C]12[CH]3[CH]4[CH]5[CH]1[Fe]45321678[CH]2[CH]1[CH]6[CH]7[CH]28)[C]12[CH]3[CH]4[CH]5[CH]1[Fe]45321678[CH]2[CH]1[CH]6[CH]7[CH]28)C([C]12[CH]3[CH]4[CH]5[CH]1[Fe]45321678[CH]2[CH]1[CH]6[CH]7[CH]28)[C]12[CH]3[CH]4[CH]5[CH]1[Fe]45321678[CH]2[CH]1[CH]6[CH]7[CH]28. The molecule has 40 heterocycles. The van der Waals surface area contributed by atoms with Crippen molar-refractivity contribution in [1.82, 2.24) is 0 Å². The first kappa shape index (κ1) is 14.6. The summed E-state index contributed by atoms with van der Waals surface area (Å²) < 4.78 is 14.5. The molecule has 0 bridgehead atoms. The van der Waals surface area contributed by atoms with Gasteiger partial charge in [0.05, 0.1) is 0 Å². The van der Waals surface area contributed by atoms with Crippen LogP contribution in [0.15, 0.2) is 0 Å². The molecule has 0 aliphatic carbocycles. The topological polar surface area (TPSA) is 9.23 Å². The third kappa shape index (κ3) is 0.131. The van der Waals surface area contributed by atoms with Crippen molar-refractivity contribution in [2.24, 2.45) is 0 Å². The molecule has 4 spiro atoms. The zero-order chi connectivity index (χ0) is 25.9. The molecule has 244 valence electrons. The van der Waals surface area contributed by atoms with E-state index in [-0.39, 0.29) is 0 Å². The van der Waals surface area contributed by atoms with Gasteiger partial charge < -0.3 is 0 Å². The van der Waals surface area contributed by atoms with E-state index in [1.165, 1.54) is 0 Å². The molecule has 40 rings (SSSR count). The van der Waals surface area contributed by atoms with E-state index >= 15 is 0 Å². The summed E-state index contributed by atoms with van der Waals surface area (Å²) in [5.41, 5.74) is 0. The van der Waals surface area contributed by atoms with E-state index < -0.39 is 26.0 Å². The van der Waals surface area contributed by atoms with Crippen LogP contribution in [0, 0.1) is 0 Å². The Kier molecular flexibility index (Phi) is 0.320. The van der Waals surface area contributed by atoms with E-state index in [4.69, 9.17) is 0 Å². The fourth-order valence-corrected chi connectivity index (χ4v) is 369. The van der Waals surface area contributed by atoms with Gasteiger partial charge in [-0.05, 0) is 0 Å². The molecule has 47 heavy (non-hydrogen) atoms. The van der Waals surface area contributed by atoms with Crippen LogP contribution in [0.1, 0.15) is 0 Å². The summed E-state index contributed by atoms with van der Waals surface area (Å²) in [6.45, 7) is -13.3. The normalized spacial score (nSPS) is 170. The number of hydrogen-bond donors (Lipinski definition) is 0. The van der Waals surface area contributed by atoms with Crippen LogP contribution in [0.5, 0.6) is 0 Å². The fourth-order valence-electron chi connectivity index (χ4n) is 69.6. The van der Waals surface area contributed by atoms with Crippen molar-refractivity contribution in [2.75, 3.05) is 0 Å². The van der Waals surface area contributed by atoms with Crippen LogP contribution in [-0.2, 0) is 30.8 Å². The molecular weight excluding hydrogens is 744 g/mol. The van der Waals surface area contributed by atoms with Gasteiger partial charge in [0.2, 0.25) is 0 Å². The van der Waals surface area contributed by atoms with Gasteiger partial charge in [0.1, 0.15) is 0 Å². The number of hydrogen-bond acceptors (Lipinski definition) is 1. The van der Waals surface area contributed by atoms with Crippen molar-refractivity contribution in [3.8, 4) is 0 Å². The van der Waals surface area contributed by atoms with Crippen LogP contribution in [-0.4, -0.2) is 12.2 Å². The maximum atomic E-state index is 9.89. The molecule has 40 fully saturated rings. The van der Waals surface area contributed by atoms with Crippen LogP contribution in [0.25, 0.3) is 0 Å². The van der Waals surface area contributed by atoms with Crippen LogP contribution in [0.4, 0.5) is 0 Å². The summed E-state index contributed by atoms with van der Waals surface area (Å²) in [7, 11) is 0. The van der Waals surface area contributed by atoms with E-state index in [9.17, 15) is 4.74 Å². The molecule has 0 aromatic rings. The van der Waals surface area contributed by atoms with Crippen LogP contribution in [0.3, 0.4) is 0 Å². The molecule has 0 saturated carbocycles. The molecule has 0 amide bonds. The summed E-state index contributed by atoms with van der Waals surface area (Å²) >= 11 is 0. The Morgan fingerprint density at radius 1 is 0.234 bits per heavy atom. The second kappa shape index (κ2) is 1.03. The number of fused-ring (bicyclic) bond motifs is 40. The Morgan fingerprint density at radius 2 is 0.383 bits per heavy atom. The summed E-state index contributed by atoms with van der Waals surface area (Å²) in [6, 6.07) is 0. The Labute approximate surface area is 231 Å². The molecule has 40 aliphatic heterocycles. The average Bonchev–Trinajstić information content (AvgIpc) is 4.05. The van der Waals surface area contributed by atoms with Gasteiger partial charge in [-0.1, -0.05) is 0 Å². The van der Waals surface area contributed by atoms with E-state index in [1.54, 1.807) is 173 Å². The van der Waals surface area contributed by atoms with Gasteiger partial charge in [0.15, 0.2) is 0 Å². The molecule has 16 atom stereocenters. The van der Waals surface area contributed by atoms with Crippen molar-refractivity contribution in [3.05, 3.63) is 0 Å². The molecular formula is C42H38Fe4O. The molecule has 16 unspecified atom stereocenters. The van der Waals surface area contributed by atoms with E-state index in [0.717, 1.165) is 29.5 Å². The molecule has 0 radical (unpaired) electrons. The standard InChI is InChI=1S/C22H18O.4C5H5.4Fe/c1-2-10-17(9-1)21(18-11-3-4-12-18)23-22(19-13-5-6-14-19)20-15-7-8-16-20;4*1-2-4-5-3-1;;;;/h1-16,21-22H;4*1-5H;;;;. The summed E-state index contributed by atoms with van der Waals surface area (Å²) in [4.78, 5) is 56.9. The van der Waals surface area contributed by atoms with E-state index in [1.807, 2.05) is 0 Å². The second-order valence-corrected chi connectivity index (χ2v) is 134. The van der Waals surface area contributed by atoms with Crippen molar-refractivity contribution in [1.29, 1.82) is 0 Å². The Morgan fingerprint density at radius 3 is 0.468 bits per heavy atom. The minimum absolute atomic E-state index is 1.15. The number of rotatable bonds is 6. The van der Waals surface area contributed by atoms with Gasteiger partial charge in [-0.25, -0.2) is 0 Å².